The number of halogens is 1. The van der Waals surface area contributed by atoms with Gasteiger partial charge < -0.3 is 4.42 Å². The summed E-state index contributed by atoms with van der Waals surface area (Å²) in [6.07, 6.45) is 8.30. The summed E-state index contributed by atoms with van der Waals surface area (Å²) in [6, 6.07) is 1.93. The second-order valence-electron chi connectivity index (χ2n) is 1.94. The van der Waals surface area contributed by atoms with Gasteiger partial charge >= 0.3 is 0 Å². The minimum atomic E-state index is 0.736. The van der Waals surface area contributed by atoms with E-state index in [1.54, 1.807) is 6.26 Å². The van der Waals surface area contributed by atoms with Gasteiger partial charge in [-0.2, -0.15) is 0 Å². The molecule has 0 aliphatic rings. The molecule has 0 N–H and O–H groups in total. The first kappa shape index (κ1) is 7.43. The van der Waals surface area contributed by atoms with Gasteiger partial charge in [-0.1, -0.05) is 0 Å². The zero-order valence-corrected chi connectivity index (χ0v) is 7.02. The molecule has 1 aromatic rings. The van der Waals surface area contributed by atoms with Crippen molar-refractivity contribution in [3.8, 4) is 12.3 Å². The average molecular weight is 199 g/mol. The van der Waals surface area contributed by atoms with Crippen LogP contribution in [0.1, 0.15) is 12.2 Å². The molecule has 0 aromatic carbocycles. The summed E-state index contributed by atoms with van der Waals surface area (Å²) < 4.78 is 6.10. The van der Waals surface area contributed by atoms with Crippen molar-refractivity contribution in [3.63, 3.8) is 0 Å². The fourth-order valence-corrected chi connectivity index (χ4v) is 1.03. The summed E-state index contributed by atoms with van der Waals surface area (Å²) >= 11 is 3.28. The summed E-state index contributed by atoms with van der Waals surface area (Å²) in [5.41, 5.74) is 0. The van der Waals surface area contributed by atoms with E-state index in [0.29, 0.717) is 0 Å². The zero-order chi connectivity index (χ0) is 7.40. The van der Waals surface area contributed by atoms with Crippen LogP contribution in [0.25, 0.3) is 0 Å². The summed E-state index contributed by atoms with van der Waals surface area (Å²) in [5, 5.41) is 0. The molecular weight excluding hydrogens is 192 g/mol. The Morgan fingerprint density at radius 2 is 2.50 bits per heavy atom. The molecule has 0 unspecified atom stereocenters. The predicted molar refractivity (Wildman–Crippen MR) is 43.6 cm³/mol. The van der Waals surface area contributed by atoms with Crippen molar-refractivity contribution in [3.05, 3.63) is 22.6 Å². The summed E-state index contributed by atoms with van der Waals surface area (Å²) in [7, 11) is 0. The van der Waals surface area contributed by atoms with Crippen LogP contribution in [0.3, 0.4) is 0 Å². The number of hydrogen-bond donors (Lipinski definition) is 0. The quantitative estimate of drug-likeness (QED) is 0.667. The zero-order valence-electron chi connectivity index (χ0n) is 5.43. The molecule has 10 heavy (non-hydrogen) atoms. The van der Waals surface area contributed by atoms with Crippen molar-refractivity contribution >= 4 is 15.9 Å². The highest BCUT2D eigenvalue weighted by molar-refractivity contribution is 9.10. The second kappa shape index (κ2) is 3.48. The van der Waals surface area contributed by atoms with Crippen LogP contribution in [0.2, 0.25) is 0 Å². The maximum absolute atomic E-state index is 5.12. The van der Waals surface area contributed by atoms with Gasteiger partial charge in [0.25, 0.3) is 0 Å². The van der Waals surface area contributed by atoms with Crippen molar-refractivity contribution in [2.45, 2.75) is 12.8 Å². The predicted octanol–water partition coefficient (Wildman–Crippen LogP) is 2.61. The Labute approximate surface area is 68.6 Å². The standard InChI is InChI=1S/C8H7BrO/c1-2-3-4-8-5-7(9)6-10-8/h1,5-6H,3-4H2. The largest absolute Gasteiger partial charge is 0.468 e. The van der Waals surface area contributed by atoms with Gasteiger partial charge in [-0.05, 0) is 22.0 Å². The fraction of sp³-hybridized carbons (Fsp3) is 0.250. The fourth-order valence-electron chi connectivity index (χ4n) is 0.680. The highest BCUT2D eigenvalue weighted by Gasteiger charge is 1.96. The molecule has 0 amide bonds. The molecule has 52 valence electrons. The third kappa shape index (κ3) is 1.93. The Kier molecular flexibility index (Phi) is 2.58. The van der Waals surface area contributed by atoms with Crippen LogP contribution < -0.4 is 0 Å². The van der Waals surface area contributed by atoms with Crippen molar-refractivity contribution in [2.75, 3.05) is 0 Å². The number of terminal acetylenes is 1. The van der Waals surface area contributed by atoms with Gasteiger partial charge in [-0.15, -0.1) is 12.3 Å². The smallest absolute Gasteiger partial charge is 0.105 e. The highest BCUT2D eigenvalue weighted by Crippen LogP contribution is 2.14. The van der Waals surface area contributed by atoms with Crippen LogP contribution in [0.5, 0.6) is 0 Å². The maximum atomic E-state index is 5.12. The molecule has 0 radical (unpaired) electrons. The van der Waals surface area contributed by atoms with E-state index in [9.17, 15) is 0 Å². The molecule has 1 nitrogen and oxygen atoms in total. The molecule has 0 saturated carbocycles. The van der Waals surface area contributed by atoms with E-state index in [1.165, 1.54) is 0 Å². The SMILES string of the molecule is C#CCCc1cc(Br)co1. The van der Waals surface area contributed by atoms with Gasteiger partial charge in [0, 0.05) is 12.8 Å². The van der Waals surface area contributed by atoms with E-state index in [0.717, 1.165) is 23.1 Å². The lowest BCUT2D eigenvalue weighted by Gasteiger charge is -1.85. The van der Waals surface area contributed by atoms with Crippen LogP contribution in [0, 0.1) is 12.3 Å². The van der Waals surface area contributed by atoms with Crippen LogP contribution in [0.4, 0.5) is 0 Å². The third-order valence-corrected chi connectivity index (χ3v) is 1.55. The lowest BCUT2D eigenvalue weighted by molar-refractivity contribution is 0.510. The summed E-state index contributed by atoms with van der Waals surface area (Å²) in [5.74, 6) is 3.49. The Morgan fingerprint density at radius 1 is 1.70 bits per heavy atom. The molecule has 0 aliphatic heterocycles. The average Bonchev–Trinajstić information content (AvgIpc) is 2.31. The summed E-state index contributed by atoms with van der Waals surface area (Å²) in [4.78, 5) is 0. The number of furan rings is 1. The van der Waals surface area contributed by atoms with Crippen LogP contribution in [-0.4, -0.2) is 0 Å². The summed E-state index contributed by atoms with van der Waals surface area (Å²) in [6.45, 7) is 0. The number of aryl methyl sites for hydroxylation is 1. The van der Waals surface area contributed by atoms with Crippen LogP contribution in [0.15, 0.2) is 21.2 Å². The van der Waals surface area contributed by atoms with E-state index in [4.69, 9.17) is 10.8 Å². The van der Waals surface area contributed by atoms with Gasteiger partial charge in [-0.25, -0.2) is 0 Å². The molecule has 1 heterocycles. The molecule has 0 bridgehead atoms. The molecule has 2 heteroatoms. The third-order valence-electron chi connectivity index (χ3n) is 1.14. The van der Waals surface area contributed by atoms with Crippen molar-refractivity contribution in [1.82, 2.24) is 0 Å². The van der Waals surface area contributed by atoms with Gasteiger partial charge in [0.2, 0.25) is 0 Å². The normalized spacial score (nSPS) is 9.20. The van der Waals surface area contributed by atoms with Gasteiger partial charge in [0.1, 0.15) is 12.0 Å². The van der Waals surface area contributed by atoms with Crippen molar-refractivity contribution in [1.29, 1.82) is 0 Å². The number of rotatable bonds is 2. The Hall–Kier alpha value is -0.680. The van der Waals surface area contributed by atoms with E-state index in [2.05, 4.69) is 21.9 Å². The Balaban J connectivity index is 2.52. The Bertz CT molecular complexity index is 244. The molecule has 0 saturated heterocycles. The minimum absolute atomic E-state index is 0.736. The van der Waals surface area contributed by atoms with E-state index in [1.807, 2.05) is 6.07 Å². The van der Waals surface area contributed by atoms with Gasteiger partial charge in [0.05, 0.1) is 4.47 Å². The van der Waals surface area contributed by atoms with E-state index >= 15 is 0 Å². The lowest BCUT2D eigenvalue weighted by atomic mass is 10.3. The molecule has 1 aromatic heterocycles. The molecule has 1 rings (SSSR count). The first-order valence-corrected chi connectivity index (χ1v) is 3.78. The first-order chi connectivity index (χ1) is 4.83. The molecular formula is C8H7BrO. The van der Waals surface area contributed by atoms with Crippen molar-refractivity contribution < 1.29 is 4.42 Å². The van der Waals surface area contributed by atoms with Crippen LogP contribution >= 0.6 is 15.9 Å². The maximum Gasteiger partial charge on any atom is 0.105 e. The van der Waals surface area contributed by atoms with E-state index in [-0.39, 0.29) is 0 Å². The minimum Gasteiger partial charge on any atom is -0.468 e. The lowest BCUT2D eigenvalue weighted by Crippen LogP contribution is -1.76. The molecule has 0 aliphatic carbocycles. The highest BCUT2D eigenvalue weighted by atomic mass is 79.9. The van der Waals surface area contributed by atoms with Crippen molar-refractivity contribution in [2.24, 2.45) is 0 Å². The molecule has 0 atom stereocenters. The molecule has 0 fully saturated rings. The first-order valence-electron chi connectivity index (χ1n) is 2.99. The Morgan fingerprint density at radius 3 is 3.00 bits per heavy atom. The topological polar surface area (TPSA) is 13.1 Å². The van der Waals surface area contributed by atoms with Gasteiger partial charge in [0.15, 0.2) is 0 Å². The monoisotopic (exact) mass is 198 g/mol. The molecule has 0 spiro atoms. The number of hydrogen-bond acceptors (Lipinski definition) is 1. The second-order valence-corrected chi connectivity index (χ2v) is 2.85. The van der Waals surface area contributed by atoms with Crippen LogP contribution in [-0.2, 0) is 6.42 Å². The van der Waals surface area contributed by atoms with E-state index < -0.39 is 0 Å². The van der Waals surface area contributed by atoms with Gasteiger partial charge in [-0.3, -0.25) is 0 Å².